The minimum atomic E-state index is -4.00. The molecule has 4 rings (SSSR count). The molecule has 3 aromatic rings. The van der Waals surface area contributed by atoms with Gasteiger partial charge in [0.1, 0.15) is 6.54 Å². The van der Waals surface area contributed by atoms with Crippen LogP contribution in [-0.4, -0.2) is 25.4 Å². The van der Waals surface area contributed by atoms with E-state index in [4.69, 9.17) is 4.42 Å². The predicted octanol–water partition coefficient (Wildman–Crippen LogP) is 1.28. The summed E-state index contributed by atoms with van der Waals surface area (Å²) in [6.45, 7) is -0.323. The molecular formula is C16H13N3O5S. The van der Waals surface area contributed by atoms with Gasteiger partial charge in [0.15, 0.2) is 5.58 Å². The fourth-order valence-electron chi connectivity index (χ4n) is 2.82. The Bertz CT molecular complexity index is 1180. The number of carbonyl (C=O) groups is 1. The second-order valence-electron chi connectivity index (χ2n) is 5.63. The van der Waals surface area contributed by atoms with Crippen LogP contribution >= 0.6 is 0 Å². The van der Waals surface area contributed by atoms with Gasteiger partial charge in [-0.15, -0.1) is 0 Å². The second kappa shape index (κ2) is 5.21. The van der Waals surface area contributed by atoms with Gasteiger partial charge in [-0.3, -0.25) is 13.7 Å². The van der Waals surface area contributed by atoms with Gasteiger partial charge in [-0.25, -0.2) is 13.2 Å². The summed E-state index contributed by atoms with van der Waals surface area (Å²) in [5.41, 5.74) is 1.47. The van der Waals surface area contributed by atoms with Crippen LogP contribution in [0.1, 0.15) is 0 Å². The van der Waals surface area contributed by atoms with Crippen LogP contribution in [0.15, 0.2) is 56.6 Å². The van der Waals surface area contributed by atoms with Crippen molar-refractivity contribution >= 4 is 38.4 Å². The number of aryl methyl sites for hydroxylation is 1. The lowest BCUT2D eigenvalue weighted by Gasteiger charge is -2.30. The van der Waals surface area contributed by atoms with Crippen molar-refractivity contribution in [3.05, 3.63) is 53.0 Å². The zero-order valence-electron chi connectivity index (χ0n) is 13.1. The van der Waals surface area contributed by atoms with Crippen molar-refractivity contribution in [2.45, 2.75) is 4.90 Å². The van der Waals surface area contributed by atoms with Crippen molar-refractivity contribution in [3.8, 4) is 0 Å². The summed E-state index contributed by atoms with van der Waals surface area (Å²) in [6.07, 6.45) is 0. The molecule has 2 heterocycles. The molecule has 9 heteroatoms. The van der Waals surface area contributed by atoms with E-state index in [2.05, 4.69) is 5.32 Å². The van der Waals surface area contributed by atoms with E-state index in [-0.39, 0.29) is 17.0 Å². The highest BCUT2D eigenvalue weighted by Crippen LogP contribution is 2.33. The van der Waals surface area contributed by atoms with E-state index in [9.17, 15) is 18.0 Å². The first-order valence-electron chi connectivity index (χ1n) is 7.39. The first-order valence-corrected chi connectivity index (χ1v) is 8.83. The molecule has 8 nitrogen and oxygen atoms in total. The van der Waals surface area contributed by atoms with Crippen LogP contribution in [0.3, 0.4) is 0 Å². The number of oxazole rings is 1. The first kappa shape index (κ1) is 15.5. The normalized spacial score (nSPS) is 14.4. The molecule has 1 aliphatic heterocycles. The third-order valence-electron chi connectivity index (χ3n) is 4.09. The Morgan fingerprint density at radius 1 is 1.12 bits per heavy atom. The van der Waals surface area contributed by atoms with E-state index in [1.807, 2.05) is 0 Å². The third-order valence-corrected chi connectivity index (χ3v) is 5.84. The molecule has 2 aromatic carbocycles. The van der Waals surface area contributed by atoms with Gasteiger partial charge >= 0.3 is 5.76 Å². The predicted molar refractivity (Wildman–Crippen MR) is 91.1 cm³/mol. The Morgan fingerprint density at radius 2 is 1.88 bits per heavy atom. The monoisotopic (exact) mass is 359 g/mol. The number of para-hydroxylation sites is 2. The lowest BCUT2D eigenvalue weighted by atomic mass is 10.2. The number of rotatable bonds is 2. The molecule has 0 radical (unpaired) electrons. The number of carbonyl (C=O) groups excluding carboxylic acids is 1. The summed E-state index contributed by atoms with van der Waals surface area (Å²) in [4.78, 5) is 23.4. The number of hydrogen-bond acceptors (Lipinski definition) is 5. The number of fused-ring (bicyclic) bond motifs is 2. The number of hydrogen-bond donors (Lipinski definition) is 1. The van der Waals surface area contributed by atoms with Crippen LogP contribution in [0.4, 0.5) is 11.4 Å². The molecule has 0 spiro atoms. The molecule has 1 aromatic heterocycles. The molecule has 25 heavy (non-hydrogen) atoms. The summed E-state index contributed by atoms with van der Waals surface area (Å²) in [7, 11) is -2.47. The number of amides is 1. The van der Waals surface area contributed by atoms with Gasteiger partial charge in [0.05, 0.1) is 21.8 Å². The molecule has 0 fully saturated rings. The molecule has 1 N–H and O–H groups in total. The van der Waals surface area contributed by atoms with Gasteiger partial charge in [0.2, 0.25) is 5.91 Å². The van der Waals surface area contributed by atoms with Gasteiger partial charge in [-0.1, -0.05) is 12.1 Å². The Morgan fingerprint density at radius 3 is 2.68 bits per heavy atom. The van der Waals surface area contributed by atoms with Gasteiger partial charge in [0.25, 0.3) is 10.0 Å². The molecule has 0 bridgehead atoms. The molecule has 0 aliphatic carbocycles. The summed E-state index contributed by atoms with van der Waals surface area (Å²) < 4.78 is 33.5. The number of nitrogens with zero attached hydrogens (tertiary/aromatic N) is 2. The highest BCUT2D eigenvalue weighted by atomic mass is 32.2. The maximum Gasteiger partial charge on any atom is 0.419 e. The molecule has 1 amide bonds. The summed E-state index contributed by atoms with van der Waals surface area (Å²) >= 11 is 0. The van der Waals surface area contributed by atoms with Crippen molar-refractivity contribution < 1.29 is 17.6 Å². The lowest BCUT2D eigenvalue weighted by molar-refractivity contribution is -0.115. The van der Waals surface area contributed by atoms with Crippen LogP contribution in [0.2, 0.25) is 0 Å². The summed E-state index contributed by atoms with van der Waals surface area (Å²) in [6, 6.07) is 10.8. The topological polar surface area (TPSA) is 102 Å². The Hall–Kier alpha value is -3.07. The van der Waals surface area contributed by atoms with E-state index in [1.165, 1.54) is 29.8 Å². The van der Waals surface area contributed by atoms with E-state index < -0.39 is 21.7 Å². The molecule has 128 valence electrons. The largest absolute Gasteiger partial charge is 0.419 e. The maximum absolute atomic E-state index is 13.1. The number of benzene rings is 2. The third kappa shape index (κ3) is 2.31. The van der Waals surface area contributed by atoms with Gasteiger partial charge in [-0.2, -0.15) is 0 Å². The molecule has 1 aliphatic rings. The number of anilines is 2. The zero-order valence-corrected chi connectivity index (χ0v) is 13.9. The van der Waals surface area contributed by atoms with E-state index >= 15 is 0 Å². The van der Waals surface area contributed by atoms with Crippen molar-refractivity contribution in [1.82, 2.24) is 4.57 Å². The fourth-order valence-corrected chi connectivity index (χ4v) is 4.27. The van der Waals surface area contributed by atoms with Crippen LogP contribution in [-0.2, 0) is 21.9 Å². The molecule has 0 saturated carbocycles. The van der Waals surface area contributed by atoms with Crippen LogP contribution < -0.4 is 15.4 Å². The van der Waals surface area contributed by atoms with Gasteiger partial charge < -0.3 is 9.73 Å². The van der Waals surface area contributed by atoms with E-state index in [1.54, 1.807) is 24.3 Å². The average Bonchev–Trinajstić information content (AvgIpc) is 2.88. The number of aromatic nitrogens is 1. The van der Waals surface area contributed by atoms with Gasteiger partial charge in [0, 0.05) is 13.1 Å². The standard InChI is InChI=1S/C16H13N3O5S/c1-18-13-7-6-10(8-14(13)24-16(18)21)25(22,23)19-9-15(20)17-11-4-2-3-5-12(11)19/h2-8H,9H2,1H3,(H,17,20). The summed E-state index contributed by atoms with van der Waals surface area (Å²) in [5.74, 6) is -0.998. The van der Waals surface area contributed by atoms with Crippen LogP contribution in [0, 0.1) is 0 Å². The number of sulfonamides is 1. The van der Waals surface area contributed by atoms with Crippen molar-refractivity contribution in [2.24, 2.45) is 7.05 Å². The number of nitrogens with one attached hydrogen (secondary N) is 1. The first-order chi connectivity index (χ1) is 11.9. The lowest BCUT2D eigenvalue weighted by Crippen LogP contribution is -2.42. The van der Waals surface area contributed by atoms with Crippen molar-refractivity contribution in [1.29, 1.82) is 0 Å². The second-order valence-corrected chi connectivity index (χ2v) is 7.50. The maximum atomic E-state index is 13.1. The average molecular weight is 359 g/mol. The fraction of sp³-hybridized carbons (Fsp3) is 0.125. The van der Waals surface area contributed by atoms with Crippen LogP contribution in [0.25, 0.3) is 11.1 Å². The minimum Gasteiger partial charge on any atom is -0.408 e. The Kier molecular flexibility index (Phi) is 3.22. The highest BCUT2D eigenvalue weighted by molar-refractivity contribution is 7.93. The van der Waals surface area contributed by atoms with Gasteiger partial charge in [-0.05, 0) is 24.3 Å². The molecule has 0 unspecified atom stereocenters. The summed E-state index contributed by atoms with van der Waals surface area (Å²) in [5, 5.41) is 2.65. The Labute approximate surface area is 142 Å². The van der Waals surface area contributed by atoms with E-state index in [0.717, 1.165) is 4.31 Å². The molecule has 0 saturated heterocycles. The highest BCUT2D eigenvalue weighted by Gasteiger charge is 2.32. The Balaban J connectivity index is 1.88. The quantitative estimate of drug-likeness (QED) is 0.743. The smallest absolute Gasteiger partial charge is 0.408 e. The SMILES string of the molecule is Cn1c(=O)oc2cc(S(=O)(=O)N3CC(=O)Nc4ccccc43)ccc21. The zero-order chi connectivity index (χ0) is 17.8. The molecular weight excluding hydrogens is 346 g/mol. The minimum absolute atomic E-state index is 0.0566. The molecule has 0 atom stereocenters. The van der Waals surface area contributed by atoms with E-state index in [0.29, 0.717) is 16.9 Å². The van der Waals surface area contributed by atoms with Crippen LogP contribution in [0.5, 0.6) is 0 Å². The van der Waals surface area contributed by atoms with Crippen molar-refractivity contribution in [2.75, 3.05) is 16.2 Å². The van der Waals surface area contributed by atoms with Crippen molar-refractivity contribution in [3.63, 3.8) is 0 Å².